The van der Waals surface area contributed by atoms with Gasteiger partial charge in [0.2, 0.25) is 0 Å². The van der Waals surface area contributed by atoms with Gasteiger partial charge in [-0.2, -0.15) is 0 Å². The molecule has 0 saturated carbocycles. The second kappa shape index (κ2) is 3.74. The van der Waals surface area contributed by atoms with E-state index < -0.39 is 0 Å². The third kappa shape index (κ3) is 2.08. The van der Waals surface area contributed by atoms with Crippen LogP contribution < -0.4 is 0 Å². The minimum Gasteiger partial charge on any atom is -0.396 e. The molecule has 0 radical (unpaired) electrons. The third-order valence-electron chi connectivity index (χ3n) is 2.61. The summed E-state index contributed by atoms with van der Waals surface area (Å²) in [6, 6.07) is 0. The van der Waals surface area contributed by atoms with Gasteiger partial charge in [0.25, 0.3) is 0 Å². The van der Waals surface area contributed by atoms with Gasteiger partial charge in [0.05, 0.1) is 20.1 Å². The molecule has 1 heterocycles. The lowest BCUT2D eigenvalue weighted by molar-refractivity contribution is -0.909. The zero-order valence-corrected chi connectivity index (χ0v) is 7.85. The molecular weight excluding hydrogens is 162 g/mol. The number of aliphatic hydroxyl groups excluding tert-OH is 1. The molecule has 2 atom stereocenters. The summed E-state index contributed by atoms with van der Waals surface area (Å²) in [5.74, 6) is 0. The number of aliphatic hydroxyl groups is 1. The van der Waals surface area contributed by atoms with E-state index in [0.29, 0.717) is 0 Å². The van der Waals surface area contributed by atoms with Crippen molar-refractivity contribution >= 4 is 11.6 Å². The molecule has 2 unspecified atom stereocenters. The first-order chi connectivity index (χ1) is 5.19. The van der Waals surface area contributed by atoms with E-state index in [2.05, 4.69) is 7.05 Å². The molecular formula is C8H17ClNO+. The number of nitrogens with zero attached hydrogens (tertiary/aromatic N) is 1. The van der Waals surface area contributed by atoms with E-state index in [0.717, 1.165) is 23.9 Å². The number of likely N-dealkylation sites (tertiary alicyclic amines) is 1. The maximum atomic E-state index is 8.67. The standard InChI is InChI=1S/C8H17ClNO/c1-10(6-3-7-11)5-2-4-8(10)9/h8,11H,2-7H2,1H3/q+1. The van der Waals surface area contributed by atoms with E-state index in [1.54, 1.807) is 0 Å². The van der Waals surface area contributed by atoms with Crippen molar-refractivity contribution in [3.05, 3.63) is 0 Å². The van der Waals surface area contributed by atoms with Crippen LogP contribution in [0.15, 0.2) is 0 Å². The van der Waals surface area contributed by atoms with Gasteiger partial charge in [0.15, 0.2) is 5.50 Å². The average molecular weight is 179 g/mol. The van der Waals surface area contributed by atoms with Gasteiger partial charge in [-0.05, 0) is 0 Å². The van der Waals surface area contributed by atoms with Crippen LogP contribution in [0.3, 0.4) is 0 Å². The topological polar surface area (TPSA) is 20.2 Å². The molecule has 0 aliphatic carbocycles. The smallest absolute Gasteiger partial charge is 0.164 e. The Hall–Kier alpha value is 0.210. The van der Waals surface area contributed by atoms with Gasteiger partial charge in [-0.1, -0.05) is 11.6 Å². The van der Waals surface area contributed by atoms with E-state index in [9.17, 15) is 0 Å². The maximum absolute atomic E-state index is 8.67. The quantitative estimate of drug-likeness (QED) is 0.391. The Morgan fingerprint density at radius 3 is 2.82 bits per heavy atom. The highest BCUT2D eigenvalue weighted by Gasteiger charge is 2.35. The van der Waals surface area contributed by atoms with E-state index in [1.165, 1.54) is 13.0 Å². The Bertz CT molecular complexity index is 131. The van der Waals surface area contributed by atoms with Crippen molar-refractivity contribution in [2.75, 3.05) is 26.7 Å². The normalized spacial score (nSPS) is 37.9. The Morgan fingerprint density at radius 2 is 2.36 bits per heavy atom. The molecule has 1 N–H and O–H groups in total. The molecule has 2 nitrogen and oxygen atoms in total. The van der Waals surface area contributed by atoms with Gasteiger partial charge >= 0.3 is 0 Å². The lowest BCUT2D eigenvalue weighted by Crippen LogP contribution is -2.46. The number of hydrogen-bond donors (Lipinski definition) is 1. The summed E-state index contributed by atoms with van der Waals surface area (Å²) in [5.41, 5.74) is 0.279. The van der Waals surface area contributed by atoms with Crippen LogP contribution in [0, 0.1) is 0 Å². The summed E-state index contributed by atoms with van der Waals surface area (Å²) in [7, 11) is 2.18. The molecule has 0 aromatic heterocycles. The molecule has 0 aromatic rings. The van der Waals surface area contributed by atoms with Gasteiger partial charge in [0, 0.05) is 25.9 Å². The highest BCUT2D eigenvalue weighted by Crippen LogP contribution is 2.27. The minimum atomic E-state index is 0.279. The number of rotatable bonds is 3. The third-order valence-corrected chi connectivity index (χ3v) is 3.30. The van der Waals surface area contributed by atoms with Crippen LogP contribution in [0.25, 0.3) is 0 Å². The number of alkyl halides is 1. The number of quaternary nitrogens is 1. The van der Waals surface area contributed by atoms with E-state index in [1.807, 2.05) is 0 Å². The molecule has 1 saturated heterocycles. The largest absolute Gasteiger partial charge is 0.396 e. The van der Waals surface area contributed by atoms with Gasteiger partial charge < -0.3 is 9.59 Å². The minimum absolute atomic E-state index is 0.279. The van der Waals surface area contributed by atoms with Crippen LogP contribution in [0.1, 0.15) is 19.3 Å². The highest BCUT2D eigenvalue weighted by atomic mass is 35.5. The monoisotopic (exact) mass is 178 g/mol. The van der Waals surface area contributed by atoms with Crippen molar-refractivity contribution < 1.29 is 9.59 Å². The van der Waals surface area contributed by atoms with Gasteiger partial charge in [0.1, 0.15) is 0 Å². The Labute approximate surface area is 73.4 Å². The molecule has 0 spiro atoms. The lowest BCUT2D eigenvalue weighted by atomic mass is 10.3. The Balaban J connectivity index is 2.38. The summed E-state index contributed by atoms with van der Waals surface area (Å²) >= 11 is 6.15. The predicted octanol–water partition coefficient (Wildman–Crippen LogP) is 1.17. The van der Waals surface area contributed by atoms with Crippen LogP contribution in [-0.4, -0.2) is 41.8 Å². The first-order valence-corrected chi connectivity index (χ1v) is 4.72. The van der Waals surface area contributed by atoms with Crippen molar-refractivity contribution in [1.82, 2.24) is 0 Å². The van der Waals surface area contributed by atoms with E-state index >= 15 is 0 Å². The fourth-order valence-corrected chi connectivity index (χ4v) is 2.11. The molecule has 3 heteroatoms. The fourth-order valence-electron chi connectivity index (χ4n) is 1.76. The molecule has 66 valence electrons. The molecule has 11 heavy (non-hydrogen) atoms. The molecule has 0 aromatic carbocycles. The summed E-state index contributed by atoms with van der Waals surface area (Å²) < 4.78 is 0.947. The summed E-state index contributed by atoms with van der Waals surface area (Å²) in [4.78, 5) is 0. The molecule has 1 aliphatic rings. The SMILES string of the molecule is C[N+]1(CCCO)CCCC1Cl. The Morgan fingerprint density at radius 1 is 1.64 bits per heavy atom. The van der Waals surface area contributed by atoms with Crippen LogP contribution in [0.2, 0.25) is 0 Å². The van der Waals surface area contributed by atoms with Gasteiger partial charge in [-0.3, -0.25) is 0 Å². The molecule has 1 aliphatic heterocycles. The van der Waals surface area contributed by atoms with E-state index in [4.69, 9.17) is 16.7 Å². The first kappa shape index (κ1) is 9.30. The van der Waals surface area contributed by atoms with Crippen LogP contribution >= 0.6 is 11.6 Å². The van der Waals surface area contributed by atoms with Gasteiger partial charge in [-0.15, -0.1) is 0 Å². The molecule has 0 bridgehead atoms. The summed E-state index contributed by atoms with van der Waals surface area (Å²) in [6.07, 6.45) is 3.24. The lowest BCUT2D eigenvalue weighted by Gasteiger charge is -2.32. The van der Waals surface area contributed by atoms with Crippen molar-refractivity contribution in [2.45, 2.75) is 24.8 Å². The maximum Gasteiger partial charge on any atom is 0.164 e. The van der Waals surface area contributed by atoms with Crippen molar-refractivity contribution in [3.63, 3.8) is 0 Å². The van der Waals surface area contributed by atoms with Crippen LogP contribution in [0.4, 0.5) is 0 Å². The first-order valence-electron chi connectivity index (χ1n) is 4.28. The number of hydrogen-bond acceptors (Lipinski definition) is 1. The highest BCUT2D eigenvalue weighted by molar-refractivity contribution is 6.19. The van der Waals surface area contributed by atoms with Crippen molar-refractivity contribution in [3.8, 4) is 0 Å². The van der Waals surface area contributed by atoms with Crippen molar-refractivity contribution in [2.24, 2.45) is 0 Å². The zero-order valence-electron chi connectivity index (χ0n) is 7.09. The number of halogens is 1. The molecule has 1 fully saturated rings. The van der Waals surface area contributed by atoms with E-state index in [-0.39, 0.29) is 12.1 Å². The van der Waals surface area contributed by atoms with Crippen molar-refractivity contribution in [1.29, 1.82) is 0 Å². The van der Waals surface area contributed by atoms with Crippen LogP contribution in [0.5, 0.6) is 0 Å². The zero-order chi connectivity index (χ0) is 8.32. The predicted molar refractivity (Wildman–Crippen MR) is 46.5 cm³/mol. The van der Waals surface area contributed by atoms with Gasteiger partial charge in [-0.25, -0.2) is 0 Å². The Kier molecular flexibility index (Phi) is 3.16. The fraction of sp³-hybridized carbons (Fsp3) is 1.00. The molecule has 1 rings (SSSR count). The summed E-state index contributed by atoms with van der Waals surface area (Å²) in [5, 5.41) is 8.67. The van der Waals surface area contributed by atoms with Crippen LogP contribution in [-0.2, 0) is 0 Å². The second-order valence-corrected chi connectivity index (χ2v) is 4.08. The second-order valence-electron chi connectivity index (χ2n) is 3.58. The molecule has 0 amide bonds. The average Bonchev–Trinajstić information content (AvgIpc) is 2.30. The summed E-state index contributed by atoms with van der Waals surface area (Å²) in [6.45, 7) is 2.48.